The van der Waals surface area contributed by atoms with Crippen LogP contribution in [0.3, 0.4) is 0 Å². The van der Waals surface area contributed by atoms with E-state index in [1.807, 2.05) is 4.68 Å². The van der Waals surface area contributed by atoms with Gasteiger partial charge in [-0.05, 0) is 48.5 Å². The number of hydrogen-bond donors (Lipinski definition) is 1. The van der Waals surface area contributed by atoms with E-state index in [1.165, 1.54) is 0 Å². The number of aliphatic hydroxyl groups excluding tert-OH is 1. The molecule has 1 aromatic heterocycles. The minimum atomic E-state index is -0.460. The monoisotopic (exact) mass is 302 g/mol. The number of hydrogen-bond acceptors (Lipinski definition) is 3. The molecule has 17 heavy (non-hydrogen) atoms. The average molecular weight is 303 g/mol. The average Bonchev–Trinajstić information content (AvgIpc) is 2.71. The van der Waals surface area contributed by atoms with E-state index in [9.17, 15) is 5.11 Å². The predicted octanol–water partition coefficient (Wildman–Crippen LogP) is 2.69. The van der Waals surface area contributed by atoms with Gasteiger partial charge in [0.05, 0.1) is 22.5 Å². The van der Waals surface area contributed by atoms with Crippen LogP contribution in [0, 0.1) is 5.92 Å². The molecule has 1 N–H and O–H groups in total. The smallest absolute Gasteiger partial charge is 0.0998 e. The van der Waals surface area contributed by atoms with E-state index in [1.54, 1.807) is 6.20 Å². The van der Waals surface area contributed by atoms with Gasteiger partial charge in [0.25, 0.3) is 0 Å². The van der Waals surface area contributed by atoms with Gasteiger partial charge in [-0.25, -0.2) is 0 Å². The molecule has 0 aromatic carbocycles. The summed E-state index contributed by atoms with van der Waals surface area (Å²) in [5.41, 5.74) is 0.895. The zero-order chi connectivity index (χ0) is 12.4. The molecule has 1 aliphatic rings. The first-order chi connectivity index (χ1) is 8.11. The van der Waals surface area contributed by atoms with Crippen LogP contribution in [0.1, 0.15) is 44.5 Å². The third-order valence-corrected chi connectivity index (χ3v) is 3.88. The van der Waals surface area contributed by atoms with Crippen LogP contribution in [0.4, 0.5) is 0 Å². The summed E-state index contributed by atoms with van der Waals surface area (Å²) < 4.78 is 8.12. The Morgan fingerprint density at radius 2 is 2.12 bits per heavy atom. The van der Waals surface area contributed by atoms with Crippen molar-refractivity contribution in [2.45, 2.75) is 38.8 Å². The molecule has 1 saturated heterocycles. The molecule has 1 unspecified atom stereocenters. The van der Waals surface area contributed by atoms with Crippen LogP contribution in [-0.4, -0.2) is 28.1 Å². The quantitative estimate of drug-likeness (QED) is 0.934. The van der Waals surface area contributed by atoms with Crippen molar-refractivity contribution < 1.29 is 9.84 Å². The summed E-state index contributed by atoms with van der Waals surface area (Å²) >= 11 is 3.48. The van der Waals surface area contributed by atoms with Crippen molar-refractivity contribution in [3.05, 3.63) is 16.4 Å². The van der Waals surface area contributed by atoms with Gasteiger partial charge >= 0.3 is 0 Å². The van der Waals surface area contributed by atoms with E-state index >= 15 is 0 Å². The maximum atomic E-state index is 10.5. The van der Waals surface area contributed by atoms with Gasteiger partial charge in [0.15, 0.2) is 0 Å². The Hall–Kier alpha value is -0.390. The maximum absolute atomic E-state index is 10.5. The van der Waals surface area contributed by atoms with Crippen molar-refractivity contribution in [1.29, 1.82) is 0 Å². The van der Waals surface area contributed by atoms with Crippen LogP contribution in [0.15, 0.2) is 10.7 Å². The number of rotatable bonds is 3. The highest BCUT2D eigenvalue weighted by molar-refractivity contribution is 9.10. The molecule has 1 fully saturated rings. The number of halogens is 1. The molecule has 1 aliphatic heterocycles. The van der Waals surface area contributed by atoms with Crippen LogP contribution >= 0.6 is 15.9 Å². The van der Waals surface area contributed by atoms with Crippen molar-refractivity contribution in [2.75, 3.05) is 13.2 Å². The van der Waals surface area contributed by atoms with Gasteiger partial charge in [-0.15, -0.1) is 0 Å². The molecule has 1 aromatic rings. The summed E-state index contributed by atoms with van der Waals surface area (Å²) in [7, 11) is 0. The fraction of sp³-hybridized carbons (Fsp3) is 0.750. The molecule has 4 nitrogen and oxygen atoms in total. The van der Waals surface area contributed by atoms with Gasteiger partial charge in [-0.1, -0.05) is 0 Å². The van der Waals surface area contributed by atoms with E-state index in [0.717, 1.165) is 36.2 Å². The fourth-order valence-corrected chi connectivity index (χ4v) is 2.80. The molecule has 0 radical (unpaired) electrons. The molecule has 5 heteroatoms. The number of ether oxygens (including phenoxy) is 1. The molecular weight excluding hydrogens is 284 g/mol. The second kappa shape index (κ2) is 5.50. The summed E-state index contributed by atoms with van der Waals surface area (Å²) in [4.78, 5) is 0. The molecule has 96 valence electrons. The third kappa shape index (κ3) is 2.72. The van der Waals surface area contributed by atoms with Crippen LogP contribution in [0.25, 0.3) is 0 Å². The van der Waals surface area contributed by atoms with Gasteiger partial charge < -0.3 is 9.84 Å². The topological polar surface area (TPSA) is 47.3 Å². The normalized spacial score (nSPS) is 19.8. The molecular formula is C12H19BrN2O2. The lowest BCUT2D eigenvalue weighted by atomic mass is 9.92. The van der Waals surface area contributed by atoms with Crippen molar-refractivity contribution in [3.8, 4) is 0 Å². The molecule has 0 amide bonds. The molecule has 2 rings (SSSR count). The minimum Gasteiger partial charge on any atom is -0.386 e. The largest absolute Gasteiger partial charge is 0.386 e. The summed E-state index contributed by atoms with van der Waals surface area (Å²) in [5.74, 6) is 0.272. The second-order valence-electron chi connectivity index (χ2n) is 4.81. The number of aliphatic hydroxyl groups is 1. The lowest BCUT2D eigenvalue weighted by molar-refractivity contribution is 0.00315. The highest BCUT2D eigenvalue weighted by Crippen LogP contribution is 2.34. The molecule has 0 saturated carbocycles. The predicted molar refractivity (Wildman–Crippen MR) is 68.8 cm³/mol. The highest BCUT2D eigenvalue weighted by Gasteiger charge is 2.28. The SMILES string of the molecule is CC(C)n1ncc(Br)c1C(O)C1CCOCC1. The highest BCUT2D eigenvalue weighted by atomic mass is 79.9. The Labute approximate surface area is 110 Å². The summed E-state index contributed by atoms with van der Waals surface area (Å²) in [6, 6.07) is 0.255. The van der Waals surface area contributed by atoms with E-state index < -0.39 is 6.10 Å². The first kappa shape index (κ1) is 13.1. The lowest BCUT2D eigenvalue weighted by Crippen LogP contribution is -2.24. The molecule has 0 spiro atoms. The van der Waals surface area contributed by atoms with Gasteiger partial charge in [0, 0.05) is 19.3 Å². The minimum absolute atomic E-state index is 0.255. The molecule has 2 heterocycles. The summed E-state index contributed by atoms with van der Waals surface area (Å²) in [5, 5.41) is 14.8. The molecule has 0 aliphatic carbocycles. The zero-order valence-electron chi connectivity index (χ0n) is 10.3. The Balaban J connectivity index is 2.22. The Kier molecular flexibility index (Phi) is 4.22. The van der Waals surface area contributed by atoms with E-state index in [2.05, 4.69) is 34.9 Å². The van der Waals surface area contributed by atoms with E-state index in [4.69, 9.17) is 4.74 Å². The van der Waals surface area contributed by atoms with Crippen molar-refractivity contribution in [1.82, 2.24) is 9.78 Å². The van der Waals surface area contributed by atoms with Crippen molar-refractivity contribution in [3.63, 3.8) is 0 Å². The summed E-state index contributed by atoms with van der Waals surface area (Å²) in [6.45, 7) is 5.63. The first-order valence-corrected chi connectivity index (χ1v) is 6.89. The van der Waals surface area contributed by atoms with Crippen LogP contribution in [0.5, 0.6) is 0 Å². The van der Waals surface area contributed by atoms with Gasteiger partial charge in [0.1, 0.15) is 0 Å². The van der Waals surface area contributed by atoms with Crippen LogP contribution < -0.4 is 0 Å². The Bertz CT molecular complexity index is 373. The lowest BCUT2D eigenvalue weighted by Gasteiger charge is -2.28. The van der Waals surface area contributed by atoms with Gasteiger partial charge in [-0.3, -0.25) is 4.68 Å². The van der Waals surface area contributed by atoms with Crippen molar-refractivity contribution in [2.24, 2.45) is 5.92 Å². The molecule has 0 bridgehead atoms. The van der Waals surface area contributed by atoms with Crippen molar-refractivity contribution >= 4 is 15.9 Å². The third-order valence-electron chi connectivity index (χ3n) is 3.27. The second-order valence-corrected chi connectivity index (χ2v) is 5.67. The zero-order valence-corrected chi connectivity index (χ0v) is 11.9. The number of aromatic nitrogens is 2. The van der Waals surface area contributed by atoms with Crippen LogP contribution in [-0.2, 0) is 4.74 Å². The Morgan fingerprint density at radius 3 is 2.71 bits per heavy atom. The van der Waals surface area contributed by atoms with Gasteiger partial charge in [0.2, 0.25) is 0 Å². The number of nitrogens with zero attached hydrogens (tertiary/aromatic N) is 2. The fourth-order valence-electron chi connectivity index (χ4n) is 2.29. The van der Waals surface area contributed by atoms with Gasteiger partial charge in [-0.2, -0.15) is 5.10 Å². The first-order valence-electron chi connectivity index (χ1n) is 6.10. The molecule has 1 atom stereocenters. The van der Waals surface area contributed by atoms with E-state index in [0.29, 0.717) is 0 Å². The summed E-state index contributed by atoms with van der Waals surface area (Å²) in [6.07, 6.45) is 3.13. The maximum Gasteiger partial charge on any atom is 0.0998 e. The van der Waals surface area contributed by atoms with Crippen LogP contribution in [0.2, 0.25) is 0 Å². The Morgan fingerprint density at radius 1 is 1.47 bits per heavy atom. The standard InChI is InChI=1S/C12H19BrN2O2/c1-8(2)15-11(10(13)7-14-15)12(16)9-3-5-17-6-4-9/h7-9,12,16H,3-6H2,1-2H3. The van der Waals surface area contributed by atoms with E-state index in [-0.39, 0.29) is 12.0 Å².